The largest absolute Gasteiger partial charge is 0.494 e. The van der Waals surface area contributed by atoms with Crippen LogP contribution in [0.2, 0.25) is 5.02 Å². The number of hydrazone groups is 1. The number of nitriles is 1. The van der Waals surface area contributed by atoms with Gasteiger partial charge in [0.15, 0.2) is 0 Å². The molecule has 0 bridgehead atoms. The second kappa shape index (κ2) is 13.5. The van der Waals surface area contributed by atoms with Gasteiger partial charge in [-0.25, -0.2) is 5.43 Å². The van der Waals surface area contributed by atoms with Gasteiger partial charge in [0, 0.05) is 29.1 Å². The summed E-state index contributed by atoms with van der Waals surface area (Å²) in [7, 11) is 0. The number of halogens is 1. The van der Waals surface area contributed by atoms with Crippen molar-refractivity contribution in [1.82, 2.24) is 5.43 Å². The monoisotopic (exact) mass is 504 g/mol. The van der Waals surface area contributed by atoms with Crippen molar-refractivity contribution in [2.24, 2.45) is 5.10 Å². The summed E-state index contributed by atoms with van der Waals surface area (Å²) in [6.45, 7) is 2.74. The minimum Gasteiger partial charge on any atom is -0.494 e. The number of rotatable bonds is 11. The van der Waals surface area contributed by atoms with Gasteiger partial charge in [-0.3, -0.25) is 9.59 Å². The Hall–Kier alpha value is -4.35. The highest BCUT2D eigenvalue weighted by molar-refractivity contribution is 6.30. The van der Waals surface area contributed by atoms with Crippen molar-refractivity contribution in [3.05, 3.63) is 88.4 Å². The molecule has 0 aromatic heterocycles. The van der Waals surface area contributed by atoms with Crippen LogP contribution < -0.4 is 20.2 Å². The van der Waals surface area contributed by atoms with E-state index in [1.165, 1.54) is 6.21 Å². The Morgan fingerprint density at radius 2 is 1.72 bits per heavy atom. The molecule has 0 radical (unpaired) electrons. The van der Waals surface area contributed by atoms with Crippen LogP contribution in [0.25, 0.3) is 0 Å². The van der Waals surface area contributed by atoms with Crippen LogP contribution in [0.3, 0.4) is 0 Å². The Morgan fingerprint density at radius 3 is 2.42 bits per heavy atom. The molecule has 0 fully saturated rings. The smallest absolute Gasteiger partial charge is 0.240 e. The van der Waals surface area contributed by atoms with E-state index in [0.29, 0.717) is 34.2 Å². The van der Waals surface area contributed by atoms with E-state index in [-0.39, 0.29) is 25.4 Å². The van der Waals surface area contributed by atoms with Gasteiger partial charge in [0.1, 0.15) is 18.1 Å². The molecule has 0 saturated carbocycles. The predicted molar refractivity (Wildman–Crippen MR) is 138 cm³/mol. The highest BCUT2D eigenvalue weighted by Gasteiger charge is 2.08. The number of hydrogen-bond donors (Lipinski definition) is 2. The Morgan fingerprint density at radius 1 is 1.00 bits per heavy atom. The number of carbonyl (C=O) groups excluding carboxylic acids is 2. The first-order valence-electron chi connectivity index (χ1n) is 11.2. The zero-order chi connectivity index (χ0) is 25.8. The van der Waals surface area contributed by atoms with Crippen LogP contribution in [0.5, 0.6) is 11.5 Å². The Bertz CT molecular complexity index is 1250. The molecule has 0 spiro atoms. The number of carbonyl (C=O) groups is 2. The first-order chi connectivity index (χ1) is 17.5. The normalized spacial score (nSPS) is 10.5. The van der Waals surface area contributed by atoms with Crippen molar-refractivity contribution >= 4 is 35.3 Å². The number of nitrogens with one attached hydrogen (secondary N) is 2. The summed E-state index contributed by atoms with van der Waals surface area (Å²) in [5.41, 5.74) is 5.07. The summed E-state index contributed by atoms with van der Waals surface area (Å²) in [4.78, 5) is 24.2. The highest BCUT2D eigenvalue weighted by Crippen LogP contribution is 2.22. The number of hydrogen-bond acceptors (Lipinski definition) is 6. The van der Waals surface area contributed by atoms with Crippen LogP contribution in [-0.2, 0) is 16.2 Å². The van der Waals surface area contributed by atoms with Gasteiger partial charge >= 0.3 is 0 Å². The van der Waals surface area contributed by atoms with E-state index in [0.717, 1.165) is 11.3 Å². The molecule has 36 heavy (non-hydrogen) atoms. The predicted octanol–water partition coefficient (Wildman–Crippen LogP) is 5.06. The van der Waals surface area contributed by atoms with Gasteiger partial charge in [0.2, 0.25) is 11.8 Å². The zero-order valence-corrected chi connectivity index (χ0v) is 20.4. The summed E-state index contributed by atoms with van der Waals surface area (Å²) in [5.74, 6) is 0.550. The molecule has 2 N–H and O–H groups in total. The third kappa shape index (κ3) is 8.46. The second-order valence-electron chi connectivity index (χ2n) is 7.58. The molecule has 8 nitrogen and oxygen atoms in total. The molecule has 0 aliphatic carbocycles. The maximum Gasteiger partial charge on any atom is 0.240 e. The van der Waals surface area contributed by atoms with E-state index in [2.05, 4.69) is 21.9 Å². The molecule has 0 unspecified atom stereocenters. The van der Waals surface area contributed by atoms with E-state index < -0.39 is 5.91 Å². The highest BCUT2D eigenvalue weighted by atomic mass is 35.5. The summed E-state index contributed by atoms with van der Waals surface area (Å²) < 4.78 is 11.2. The molecule has 3 rings (SSSR count). The van der Waals surface area contributed by atoms with Gasteiger partial charge in [0.25, 0.3) is 0 Å². The summed E-state index contributed by atoms with van der Waals surface area (Å²) in [5, 5.41) is 16.1. The van der Waals surface area contributed by atoms with E-state index >= 15 is 0 Å². The van der Waals surface area contributed by atoms with Gasteiger partial charge in [0.05, 0.1) is 24.5 Å². The minimum atomic E-state index is -0.407. The first-order valence-corrected chi connectivity index (χ1v) is 11.6. The molecule has 184 valence electrons. The van der Waals surface area contributed by atoms with Crippen molar-refractivity contribution in [2.45, 2.75) is 26.4 Å². The topological polar surface area (TPSA) is 113 Å². The molecule has 9 heteroatoms. The molecule has 0 heterocycles. The zero-order valence-electron chi connectivity index (χ0n) is 19.7. The summed E-state index contributed by atoms with van der Waals surface area (Å²) in [6, 6.07) is 21.2. The lowest BCUT2D eigenvalue weighted by atomic mass is 10.1. The van der Waals surface area contributed by atoms with Crippen LogP contribution in [0.4, 0.5) is 5.69 Å². The number of nitrogens with zero attached hydrogens (tertiary/aromatic N) is 2. The third-order valence-electron chi connectivity index (χ3n) is 4.87. The minimum absolute atomic E-state index is 0.00465. The molecule has 3 aromatic rings. The maximum atomic E-state index is 12.1. The standard InChI is InChI=1S/C27H25ClN4O4/c1-2-35-24-10-8-23(9-11-24)31-26(33)13-14-27(34)32-30-17-21-15-22(28)7-12-25(21)36-18-20-5-3-19(16-29)4-6-20/h3-12,15,17H,2,13-14,18H2,1H3,(H,31,33)(H,32,34). The fourth-order valence-corrected chi connectivity index (χ4v) is 3.25. The van der Waals surface area contributed by atoms with E-state index in [1.807, 2.05) is 19.1 Å². The Balaban J connectivity index is 1.48. The molecule has 0 atom stereocenters. The number of benzene rings is 3. The Labute approximate surface area is 214 Å². The average molecular weight is 505 g/mol. The average Bonchev–Trinajstić information content (AvgIpc) is 2.88. The van der Waals surface area contributed by atoms with Crippen LogP contribution in [0.1, 0.15) is 36.5 Å². The van der Waals surface area contributed by atoms with Crippen molar-refractivity contribution in [3.63, 3.8) is 0 Å². The quantitative estimate of drug-likeness (QED) is 0.280. The van der Waals surface area contributed by atoms with Crippen molar-refractivity contribution < 1.29 is 19.1 Å². The lowest BCUT2D eigenvalue weighted by Crippen LogP contribution is -2.20. The summed E-state index contributed by atoms with van der Waals surface area (Å²) >= 11 is 6.10. The van der Waals surface area contributed by atoms with Gasteiger partial charge < -0.3 is 14.8 Å². The third-order valence-corrected chi connectivity index (χ3v) is 5.11. The van der Waals surface area contributed by atoms with Crippen LogP contribution in [0, 0.1) is 11.3 Å². The van der Waals surface area contributed by atoms with E-state index in [9.17, 15) is 9.59 Å². The van der Waals surface area contributed by atoms with Crippen molar-refractivity contribution in [3.8, 4) is 17.6 Å². The van der Waals surface area contributed by atoms with Gasteiger partial charge in [-0.05, 0) is 67.1 Å². The fourth-order valence-electron chi connectivity index (χ4n) is 3.07. The molecule has 2 amide bonds. The summed E-state index contributed by atoms with van der Waals surface area (Å²) in [6.07, 6.45) is 1.40. The van der Waals surface area contributed by atoms with Crippen LogP contribution in [-0.4, -0.2) is 24.6 Å². The Kier molecular flexibility index (Phi) is 9.86. The molecule has 0 aliphatic rings. The lowest BCUT2D eigenvalue weighted by molar-refractivity contribution is -0.124. The maximum absolute atomic E-state index is 12.1. The molecule has 0 aliphatic heterocycles. The lowest BCUT2D eigenvalue weighted by Gasteiger charge is -2.10. The first kappa shape index (κ1) is 26.3. The van der Waals surface area contributed by atoms with Gasteiger partial charge in [-0.15, -0.1) is 0 Å². The van der Waals surface area contributed by atoms with Crippen molar-refractivity contribution in [1.29, 1.82) is 5.26 Å². The van der Waals surface area contributed by atoms with Crippen LogP contribution >= 0.6 is 11.6 Å². The molecular weight excluding hydrogens is 480 g/mol. The van der Waals surface area contributed by atoms with Crippen LogP contribution in [0.15, 0.2) is 71.8 Å². The fraction of sp³-hybridized carbons (Fsp3) is 0.185. The SMILES string of the molecule is CCOc1ccc(NC(=O)CCC(=O)NN=Cc2cc(Cl)ccc2OCc2ccc(C#N)cc2)cc1. The van der Waals surface area contributed by atoms with E-state index in [1.54, 1.807) is 54.6 Å². The van der Waals surface area contributed by atoms with Gasteiger partial charge in [-0.2, -0.15) is 10.4 Å². The van der Waals surface area contributed by atoms with E-state index in [4.69, 9.17) is 26.3 Å². The van der Waals surface area contributed by atoms with Crippen molar-refractivity contribution in [2.75, 3.05) is 11.9 Å². The second-order valence-corrected chi connectivity index (χ2v) is 8.01. The molecule has 3 aromatic carbocycles. The number of ether oxygens (including phenoxy) is 2. The number of anilines is 1. The van der Waals surface area contributed by atoms with Gasteiger partial charge in [-0.1, -0.05) is 23.7 Å². The molecule has 0 saturated heterocycles. The molecular formula is C27H25ClN4O4. The number of amides is 2.